The number of nitrogens with one attached hydrogen (secondary N) is 1. The van der Waals surface area contributed by atoms with Gasteiger partial charge in [-0.15, -0.1) is 0 Å². The van der Waals surface area contributed by atoms with Gasteiger partial charge in [0.05, 0.1) is 0 Å². The monoisotopic (exact) mass is 239 g/mol. The number of hydrogen-bond acceptors (Lipinski definition) is 2. The average Bonchev–Trinajstić information content (AvgIpc) is 2.37. The highest BCUT2D eigenvalue weighted by molar-refractivity contribution is 5.85. The molecular formula is C13H23N2O2. The third kappa shape index (κ3) is 4.75. The second-order valence-corrected chi connectivity index (χ2v) is 4.69. The average molecular weight is 239 g/mol. The first kappa shape index (κ1) is 14.0. The molecule has 0 unspecified atom stereocenters. The van der Waals surface area contributed by atoms with E-state index in [1.165, 1.54) is 11.3 Å². The van der Waals surface area contributed by atoms with Crippen LogP contribution in [0.1, 0.15) is 58.3 Å². The Hall–Kier alpha value is -1.06. The number of hydrogen-bond donors (Lipinski definition) is 1. The molecule has 0 aliphatic heterocycles. The summed E-state index contributed by atoms with van der Waals surface area (Å²) in [5, 5.41) is 2.79. The topological polar surface area (TPSA) is 49.4 Å². The maximum absolute atomic E-state index is 11.8. The number of imide groups is 1. The van der Waals surface area contributed by atoms with Gasteiger partial charge in [-0.05, 0) is 19.3 Å². The summed E-state index contributed by atoms with van der Waals surface area (Å²) < 4.78 is 0. The van der Waals surface area contributed by atoms with Crippen molar-refractivity contribution >= 4 is 12.4 Å². The minimum atomic E-state index is -0.275. The molecule has 0 heterocycles. The molecule has 17 heavy (non-hydrogen) atoms. The van der Waals surface area contributed by atoms with E-state index in [0.717, 1.165) is 44.9 Å². The number of carbonyl (C=O) groups excluding carboxylic acids is 2. The molecule has 1 rings (SSSR count). The van der Waals surface area contributed by atoms with E-state index in [2.05, 4.69) is 12.2 Å². The van der Waals surface area contributed by atoms with Gasteiger partial charge in [-0.25, -0.2) is 4.79 Å². The van der Waals surface area contributed by atoms with Crippen LogP contribution in [0.2, 0.25) is 0 Å². The first-order chi connectivity index (χ1) is 8.29. The standard InChI is InChI=1S/C13H23N2O2/c1-2-3-7-10-14-13(17)15(11-16)12-8-5-4-6-9-12/h12H,2-10H2,1H3,(H,14,17). The molecule has 0 aromatic heterocycles. The van der Waals surface area contributed by atoms with Crippen LogP contribution in [0.25, 0.3) is 0 Å². The fraction of sp³-hybridized carbons (Fsp3) is 0.846. The fourth-order valence-electron chi connectivity index (χ4n) is 2.28. The molecule has 1 N–H and O–H groups in total. The van der Waals surface area contributed by atoms with Crippen molar-refractivity contribution in [3.8, 4) is 0 Å². The summed E-state index contributed by atoms with van der Waals surface area (Å²) in [5.74, 6) is 0. The number of rotatable bonds is 6. The van der Waals surface area contributed by atoms with Gasteiger partial charge in [0.15, 0.2) is 0 Å². The van der Waals surface area contributed by atoms with Crippen molar-refractivity contribution in [2.75, 3.05) is 6.54 Å². The lowest BCUT2D eigenvalue weighted by Gasteiger charge is -2.29. The highest BCUT2D eigenvalue weighted by atomic mass is 16.2. The number of unbranched alkanes of at least 4 members (excludes halogenated alkanes) is 2. The molecule has 0 spiro atoms. The van der Waals surface area contributed by atoms with Gasteiger partial charge in [0.25, 0.3) is 0 Å². The summed E-state index contributed by atoms with van der Waals surface area (Å²) in [4.78, 5) is 23.9. The molecule has 0 aromatic rings. The van der Waals surface area contributed by atoms with Crippen LogP contribution in [0.15, 0.2) is 0 Å². The molecular weight excluding hydrogens is 216 g/mol. The zero-order valence-corrected chi connectivity index (χ0v) is 10.7. The van der Waals surface area contributed by atoms with E-state index in [0.29, 0.717) is 6.54 Å². The molecule has 3 amide bonds. The SMILES string of the molecule is CCCCCNC(=O)N([C]=O)C1CCCCC1. The van der Waals surface area contributed by atoms with E-state index in [-0.39, 0.29) is 12.1 Å². The predicted octanol–water partition coefficient (Wildman–Crippen LogP) is 2.59. The Morgan fingerprint density at radius 1 is 1.29 bits per heavy atom. The van der Waals surface area contributed by atoms with Gasteiger partial charge >= 0.3 is 12.4 Å². The largest absolute Gasteiger partial charge is 0.338 e. The summed E-state index contributed by atoms with van der Waals surface area (Å²) in [6, 6.07) is -0.213. The van der Waals surface area contributed by atoms with Crippen LogP contribution in [0, 0.1) is 0 Å². The van der Waals surface area contributed by atoms with Crippen LogP contribution in [0.5, 0.6) is 0 Å². The van der Waals surface area contributed by atoms with Gasteiger partial charge in [0.2, 0.25) is 0 Å². The lowest BCUT2D eigenvalue weighted by Crippen LogP contribution is -2.46. The molecule has 0 aromatic carbocycles. The molecule has 1 saturated carbocycles. The Kier molecular flexibility index (Phi) is 6.67. The van der Waals surface area contributed by atoms with Gasteiger partial charge < -0.3 is 5.32 Å². The Labute approximate surface area is 104 Å². The predicted molar refractivity (Wildman–Crippen MR) is 67.3 cm³/mol. The highest BCUT2D eigenvalue weighted by Crippen LogP contribution is 2.21. The molecule has 0 bridgehead atoms. The first-order valence-corrected chi connectivity index (χ1v) is 6.74. The molecule has 0 saturated heterocycles. The number of carbonyl (C=O) groups is 1. The zero-order valence-electron chi connectivity index (χ0n) is 10.7. The summed E-state index contributed by atoms with van der Waals surface area (Å²) in [5.41, 5.74) is 0. The van der Waals surface area contributed by atoms with Crippen LogP contribution in [-0.2, 0) is 4.79 Å². The van der Waals surface area contributed by atoms with E-state index in [9.17, 15) is 9.59 Å². The van der Waals surface area contributed by atoms with Crippen molar-refractivity contribution in [1.82, 2.24) is 10.2 Å². The molecule has 1 fully saturated rings. The smallest absolute Gasteiger partial charge is 0.324 e. The van der Waals surface area contributed by atoms with Crippen LogP contribution < -0.4 is 5.32 Å². The summed E-state index contributed by atoms with van der Waals surface area (Å²) in [6.45, 7) is 2.77. The second-order valence-electron chi connectivity index (χ2n) is 4.69. The molecule has 1 radical (unpaired) electrons. The van der Waals surface area contributed by atoms with Gasteiger partial charge in [0.1, 0.15) is 0 Å². The van der Waals surface area contributed by atoms with E-state index >= 15 is 0 Å². The fourth-order valence-corrected chi connectivity index (χ4v) is 2.28. The van der Waals surface area contributed by atoms with Crippen LogP contribution in [0.3, 0.4) is 0 Å². The van der Waals surface area contributed by atoms with Crippen molar-refractivity contribution in [2.45, 2.75) is 64.3 Å². The lowest BCUT2D eigenvalue weighted by molar-refractivity contribution is 0.192. The quantitative estimate of drug-likeness (QED) is 0.572. The normalized spacial score (nSPS) is 16.5. The van der Waals surface area contributed by atoms with Crippen molar-refractivity contribution in [3.63, 3.8) is 0 Å². The van der Waals surface area contributed by atoms with E-state index in [4.69, 9.17) is 0 Å². The molecule has 4 heteroatoms. The number of nitrogens with zero attached hydrogens (tertiary/aromatic N) is 1. The van der Waals surface area contributed by atoms with E-state index < -0.39 is 0 Å². The summed E-state index contributed by atoms with van der Waals surface area (Å²) in [6.07, 6.45) is 10.3. The molecule has 4 nitrogen and oxygen atoms in total. The van der Waals surface area contributed by atoms with Crippen LogP contribution >= 0.6 is 0 Å². The van der Waals surface area contributed by atoms with Gasteiger partial charge in [0, 0.05) is 12.6 Å². The Morgan fingerprint density at radius 3 is 2.59 bits per heavy atom. The van der Waals surface area contributed by atoms with E-state index in [1.807, 2.05) is 0 Å². The third-order valence-electron chi connectivity index (χ3n) is 3.31. The molecule has 0 atom stereocenters. The molecule has 1 aliphatic carbocycles. The van der Waals surface area contributed by atoms with Gasteiger partial charge in [-0.2, -0.15) is 0 Å². The van der Waals surface area contributed by atoms with E-state index in [1.54, 1.807) is 6.41 Å². The summed E-state index contributed by atoms with van der Waals surface area (Å²) >= 11 is 0. The minimum Gasteiger partial charge on any atom is -0.338 e. The Morgan fingerprint density at radius 2 is 2.00 bits per heavy atom. The lowest BCUT2D eigenvalue weighted by atomic mass is 9.95. The van der Waals surface area contributed by atoms with Gasteiger partial charge in [-0.1, -0.05) is 39.0 Å². The number of urea groups is 1. The van der Waals surface area contributed by atoms with Crippen molar-refractivity contribution in [2.24, 2.45) is 0 Å². The van der Waals surface area contributed by atoms with Crippen LogP contribution in [-0.4, -0.2) is 29.9 Å². The zero-order chi connectivity index (χ0) is 12.5. The molecule has 97 valence electrons. The minimum absolute atomic E-state index is 0.0624. The first-order valence-electron chi connectivity index (χ1n) is 6.74. The Bertz CT molecular complexity index is 238. The number of amides is 3. The van der Waals surface area contributed by atoms with Gasteiger partial charge in [-0.3, -0.25) is 9.69 Å². The Balaban J connectivity index is 2.32. The van der Waals surface area contributed by atoms with Crippen LogP contribution in [0.4, 0.5) is 4.79 Å². The third-order valence-corrected chi connectivity index (χ3v) is 3.31. The maximum atomic E-state index is 11.8. The molecule has 1 aliphatic rings. The highest BCUT2D eigenvalue weighted by Gasteiger charge is 2.25. The van der Waals surface area contributed by atoms with Crippen molar-refractivity contribution in [3.05, 3.63) is 0 Å². The maximum Gasteiger partial charge on any atom is 0.324 e. The second kappa shape index (κ2) is 8.09. The summed E-state index contributed by atoms with van der Waals surface area (Å²) in [7, 11) is 0. The van der Waals surface area contributed by atoms with Crippen molar-refractivity contribution < 1.29 is 9.59 Å². The van der Waals surface area contributed by atoms with Crippen molar-refractivity contribution in [1.29, 1.82) is 0 Å².